The average molecular weight is 476 g/mol. The van der Waals surface area contributed by atoms with Crippen molar-refractivity contribution in [1.82, 2.24) is 5.32 Å². The Labute approximate surface area is 210 Å². The van der Waals surface area contributed by atoms with Crippen molar-refractivity contribution in [3.8, 4) is 6.07 Å². The van der Waals surface area contributed by atoms with E-state index in [0.717, 1.165) is 33.7 Å². The summed E-state index contributed by atoms with van der Waals surface area (Å²) in [6.07, 6.45) is 14.5. The van der Waals surface area contributed by atoms with Crippen LogP contribution in [-0.4, -0.2) is 26.9 Å². The first-order chi connectivity index (χ1) is 16.9. The topological polar surface area (TPSA) is 57.4 Å². The van der Waals surface area contributed by atoms with E-state index in [0.29, 0.717) is 26.0 Å². The molecule has 0 heterocycles. The SMILES string of the molecule is C=C/C(=C\C=C/C)CN=C.C=CC.CN/C(C)=C1\C=C(c2ccc(F)cc2)C=C(OCCC#N)C1. The summed E-state index contributed by atoms with van der Waals surface area (Å²) >= 11 is 0. The minimum atomic E-state index is -0.253. The first-order valence-electron chi connectivity index (χ1n) is 11.4. The Hall–Kier alpha value is -3.91. The van der Waals surface area contributed by atoms with Crippen LogP contribution >= 0.6 is 0 Å². The third-order valence-electron chi connectivity index (χ3n) is 4.61. The second-order valence-corrected chi connectivity index (χ2v) is 7.31. The van der Waals surface area contributed by atoms with Gasteiger partial charge in [0.05, 0.1) is 19.0 Å². The summed E-state index contributed by atoms with van der Waals surface area (Å²) in [4.78, 5) is 3.74. The van der Waals surface area contributed by atoms with Gasteiger partial charge in [0.1, 0.15) is 18.2 Å². The van der Waals surface area contributed by atoms with Gasteiger partial charge >= 0.3 is 0 Å². The summed E-state index contributed by atoms with van der Waals surface area (Å²) in [5, 5.41) is 11.8. The largest absolute Gasteiger partial charge is 0.496 e. The number of ether oxygens (including phenoxy) is 1. The monoisotopic (exact) mass is 475 g/mol. The highest BCUT2D eigenvalue weighted by Crippen LogP contribution is 2.30. The summed E-state index contributed by atoms with van der Waals surface area (Å²) in [5.74, 6) is 0.568. The molecule has 0 bridgehead atoms. The molecule has 1 aromatic rings. The van der Waals surface area contributed by atoms with Gasteiger partial charge < -0.3 is 10.1 Å². The van der Waals surface area contributed by atoms with Crippen LogP contribution < -0.4 is 5.32 Å². The van der Waals surface area contributed by atoms with Crippen molar-refractivity contribution >= 4 is 12.3 Å². The lowest BCUT2D eigenvalue weighted by atomic mass is 9.94. The van der Waals surface area contributed by atoms with Crippen molar-refractivity contribution in [3.05, 3.63) is 114 Å². The Morgan fingerprint density at radius 3 is 2.40 bits per heavy atom. The second kappa shape index (κ2) is 19.5. The lowest BCUT2D eigenvalue weighted by molar-refractivity contribution is 0.213. The average Bonchev–Trinajstić information content (AvgIpc) is 2.87. The smallest absolute Gasteiger partial charge is 0.123 e. The van der Waals surface area contributed by atoms with Crippen molar-refractivity contribution in [2.45, 2.75) is 33.6 Å². The molecule has 0 aliphatic heterocycles. The maximum atomic E-state index is 13.1. The molecule has 1 N–H and O–H groups in total. The number of aliphatic imine (C=N–C) groups is 1. The minimum absolute atomic E-state index is 0.253. The molecule has 0 saturated carbocycles. The Balaban J connectivity index is 0.000000745. The Morgan fingerprint density at radius 2 is 1.89 bits per heavy atom. The molecule has 0 amide bonds. The molecule has 0 radical (unpaired) electrons. The first kappa shape index (κ1) is 31.1. The van der Waals surface area contributed by atoms with Gasteiger partial charge in [-0.15, -0.1) is 6.58 Å². The predicted molar refractivity (Wildman–Crippen MR) is 148 cm³/mol. The molecule has 0 aromatic heterocycles. The predicted octanol–water partition coefficient (Wildman–Crippen LogP) is 7.49. The summed E-state index contributed by atoms with van der Waals surface area (Å²) in [7, 11) is 1.88. The van der Waals surface area contributed by atoms with Crippen molar-refractivity contribution < 1.29 is 9.13 Å². The Bertz CT molecular complexity index is 1000. The van der Waals surface area contributed by atoms with E-state index >= 15 is 0 Å². The van der Waals surface area contributed by atoms with Crippen LogP contribution in [0.25, 0.3) is 5.57 Å². The molecule has 1 aliphatic rings. The third kappa shape index (κ3) is 13.4. The molecule has 186 valence electrons. The summed E-state index contributed by atoms with van der Waals surface area (Å²) in [5.41, 5.74) is 5.19. The van der Waals surface area contributed by atoms with Gasteiger partial charge in [0, 0.05) is 19.2 Å². The number of nitrogens with zero attached hydrogens (tertiary/aromatic N) is 2. The molecular formula is C30H38FN3O. The number of allylic oxidation sites excluding steroid dienone is 9. The number of hydrogen-bond donors (Lipinski definition) is 1. The standard InChI is InChI=1S/C18H19FN2O.C9H13N.C3H6/c1-13(21-2)15-10-16(14-4-6-17(19)7-5-14)12-18(11-15)22-9-3-8-20;1-4-6-7-9(5-2)8-10-3;1-3-2/h4-7,10,12,21H,3,9,11H2,1-2H3;4-7H,2-3,8H2,1H3;3H,1H2,2H3/b15-13+;6-4-,9-7+;. The minimum Gasteiger partial charge on any atom is -0.496 e. The molecule has 5 heteroatoms. The van der Waals surface area contributed by atoms with Gasteiger partial charge in [0.15, 0.2) is 0 Å². The molecule has 0 spiro atoms. The van der Waals surface area contributed by atoms with Crippen molar-refractivity contribution in [2.75, 3.05) is 20.2 Å². The zero-order valence-electron chi connectivity index (χ0n) is 21.5. The molecule has 0 atom stereocenters. The van der Waals surface area contributed by atoms with E-state index in [1.807, 2.05) is 52.1 Å². The van der Waals surface area contributed by atoms with Gasteiger partial charge in [-0.25, -0.2) is 4.39 Å². The lowest BCUT2D eigenvalue weighted by Gasteiger charge is -2.19. The molecule has 0 fully saturated rings. The van der Waals surface area contributed by atoms with Crippen LogP contribution in [0, 0.1) is 17.1 Å². The molecular weight excluding hydrogens is 437 g/mol. The summed E-state index contributed by atoms with van der Waals surface area (Å²) < 4.78 is 18.8. The van der Waals surface area contributed by atoms with Gasteiger partial charge in [-0.3, -0.25) is 4.99 Å². The van der Waals surface area contributed by atoms with Crippen molar-refractivity contribution in [1.29, 1.82) is 5.26 Å². The number of rotatable bonds is 9. The van der Waals surface area contributed by atoms with Crippen molar-refractivity contribution in [3.63, 3.8) is 0 Å². The van der Waals surface area contributed by atoms with Crippen LogP contribution in [0.1, 0.15) is 39.2 Å². The van der Waals surface area contributed by atoms with Gasteiger partial charge in [-0.05, 0) is 74.1 Å². The quantitative estimate of drug-likeness (QED) is 0.174. The van der Waals surface area contributed by atoms with Crippen LogP contribution in [-0.2, 0) is 4.74 Å². The number of benzene rings is 1. The number of nitriles is 1. The highest BCUT2D eigenvalue weighted by Gasteiger charge is 2.14. The Morgan fingerprint density at radius 1 is 1.23 bits per heavy atom. The summed E-state index contributed by atoms with van der Waals surface area (Å²) in [6, 6.07) is 8.47. The highest BCUT2D eigenvalue weighted by molar-refractivity contribution is 5.78. The highest BCUT2D eigenvalue weighted by atomic mass is 19.1. The van der Waals surface area contributed by atoms with Crippen LogP contribution in [0.4, 0.5) is 4.39 Å². The van der Waals surface area contributed by atoms with Gasteiger partial charge in [0.25, 0.3) is 0 Å². The second-order valence-electron chi connectivity index (χ2n) is 7.31. The van der Waals surface area contributed by atoms with E-state index in [-0.39, 0.29) is 5.82 Å². The number of nitrogens with one attached hydrogen (secondary N) is 1. The number of halogens is 1. The fraction of sp³-hybridized carbons (Fsp3) is 0.267. The molecule has 2 rings (SSSR count). The van der Waals surface area contributed by atoms with Gasteiger partial charge in [-0.2, -0.15) is 5.26 Å². The Kier molecular flexibility index (Phi) is 17.4. The molecule has 1 aliphatic carbocycles. The van der Waals surface area contributed by atoms with Crippen LogP contribution in [0.15, 0.2) is 108 Å². The van der Waals surface area contributed by atoms with Gasteiger partial charge in [-0.1, -0.05) is 49.1 Å². The lowest BCUT2D eigenvalue weighted by Crippen LogP contribution is -2.09. The molecule has 4 nitrogen and oxygen atoms in total. The zero-order chi connectivity index (χ0) is 26.5. The van der Waals surface area contributed by atoms with E-state index in [1.54, 1.807) is 24.3 Å². The first-order valence-corrected chi connectivity index (χ1v) is 11.4. The van der Waals surface area contributed by atoms with Crippen LogP contribution in [0.3, 0.4) is 0 Å². The number of hydrogen-bond acceptors (Lipinski definition) is 4. The fourth-order valence-electron chi connectivity index (χ4n) is 2.76. The van der Waals surface area contributed by atoms with Gasteiger partial charge in [0.2, 0.25) is 0 Å². The molecule has 35 heavy (non-hydrogen) atoms. The van der Waals surface area contributed by atoms with Crippen LogP contribution in [0.5, 0.6) is 0 Å². The molecule has 0 unspecified atom stereocenters. The zero-order valence-corrected chi connectivity index (χ0v) is 21.5. The third-order valence-corrected chi connectivity index (χ3v) is 4.61. The maximum Gasteiger partial charge on any atom is 0.123 e. The van der Waals surface area contributed by atoms with E-state index in [1.165, 1.54) is 12.1 Å². The molecule has 0 saturated heterocycles. The van der Waals surface area contributed by atoms with Crippen molar-refractivity contribution in [2.24, 2.45) is 4.99 Å². The maximum absolute atomic E-state index is 13.1. The van der Waals surface area contributed by atoms with Crippen LogP contribution in [0.2, 0.25) is 0 Å². The van der Waals surface area contributed by atoms with E-state index in [2.05, 4.69) is 42.3 Å². The molecule has 1 aromatic carbocycles. The summed E-state index contributed by atoms with van der Waals surface area (Å²) in [6.45, 7) is 17.3. The normalized spacial score (nSPS) is 14.0. The van der Waals surface area contributed by atoms with E-state index in [4.69, 9.17) is 10.00 Å². The van der Waals surface area contributed by atoms with E-state index < -0.39 is 0 Å². The fourth-order valence-corrected chi connectivity index (χ4v) is 2.76. The van der Waals surface area contributed by atoms with E-state index in [9.17, 15) is 4.39 Å².